The van der Waals surface area contributed by atoms with Crippen LogP contribution in [0.2, 0.25) is 0 Å². The summed E-state index contributed by atoms with van der Waals surface area (Å²) in [5.41, 5.74) is 5.80. The van der Waals surface area contributed by atoms with Gasteiger partial charge in [-0.3, -0.25) is 5.43 Å². The van der Waals surface area contributed by atoms with Gasteiger partial charge in [0.1, 0.15) is 6.61 Å². The Morgan fingerprint density at radius 1 is 1.22 bits per heavy atom. The van der Waals surface area contributed by atoms with Crippen LogP contribution in [0.1, 0.15) is 31.0 Å². The number of hydrazone groups is 1. The van der Waals surface area contributed by atoms with E-state index in [2.05, 4.69) is 26.1 Å². The number of ether oxygens (including phenoxy) is 3. The van der Waals surface area contributed by atoms with E-state index < -0.39 is 24.3 Å². The van der Waals surface area contributed by atoms with Crippen LogP contribution in [0.4, 0.5) is 4.79 Å². The van der Waals surface area contributed by atoms with Crippen LogP contribution in [0.25, 0.3) is 10.9 Å². The summed E-state index contributed by atoms with van der Waals surface area (Å²) in [5.74, 6) is 0.215. The first-order valence-corrected chi connectivity index (χ1v) is 11.7. The van der Waals surface area contributed by atoms with Crippen molar-refractivity contribution in [3.63, 3.8) is 0 Å². The highest BCUT2D eigenvalue weighted by molar-refractivity contribution is 5.99. The van der Waals surface area contributed by atoms with E-state index in [1.54, 1.807) is 31.3 Å². The largest absolute Gasteiger partial charge is 0.490 e. The number of aromatic amines is 1. The number of benzene rings is 2. The zero-order valence-corrected chi connectivity index (χ0v) is 20.7. The van der Waals surface area contributed by atoms with E-state index in [0.29, 0.717) is 29.4 Å². The lowest BCUT2D eigenvalue weighted by Gasteiger charge is -2.28. The number of aliphatic hydroxyl groups is 1. The topological polar surface area (TPSA) is 146 Å². The van der Waals surface area contributed by atoms with Crippen molar-refractivity contribution in [1.29, 1.82) is 0 Å². The van der Waals surface area contributed by atoms with E-state index in [9.17, 15) is 14.7 Å². The molecule has 1 aliphatic rings. The predicted octanol–water partition coefficient (Wildman–Crippen LogP) is 2.69. The number of hydrogen-bond donors (Lipinski definition) is 5. The summed E-state index contributed by atoms with van der Waals surface area (Å²) in [7, 11) is 1.28. The van der Waals surface area contributed by atoms with Gasteiger partial charge in [-0.1, -0.05) is 24.3 Å². The molecule has 0 spiro atoms. The van der Waals surface area contributed by atoms with Crippen molar-refractivity contribution >= 4 is 29.1 Å². The number of aliphatic hydroxyl groups excluding tert-OH is 1. The summed E-state index contributed by atoms with van der Waals surface area (Å²) in [6, 6.07) is 11.7. The molecule has 11 heteroatoms. The normalized spacial score (nSPS) is 16.3. The molecule has 0 unspecified atom stereocenters. The van der Waals surface area contributed by atoms with Gasteiger partial charge >= 0.3 is 12.0 Å². The standard InChI is InChI=1S/C26H29N5O6/c1-4-36-21-11-16(24-23(25(33)35-3)15(2)29-26(34)30-24)9-10-20(21)37-14-22(32)31-28-13-17-12-27-19-8-6-5-7-18(17)19/h5-13,22,24,27,31-32H,4,14H2,1-3H3,(H2,29,30,34)/b28-13-/t22-,24+/m0/s1. The SMILES string of the molecule is CCOc1cc([C@H]2NC(=O)NC(C)=C2C(=O)OC)ccc1OC[C@H](O)N/N=C\c1c[nH]c2ccccc12. The van der Waals surface area contributed by atoms with Crippen LogP contribution in [0.15, 0.2) is 65.0 Å². The van der Waals surface area contributed by atoms with E-state index in [4.69, 9.17) is 14.2 Å². The summed E-state index contributed by atoms with van der Waals surface area (Å²) >= 11 is 0. The fourth-order valence-corrected chi connectivity index (χ4v) is 4.02. The lowest BCUT2D eigenvalue weighted by atomic mass is 9.95. The number of amides is 2. The van der Waals surface area contributed by atoms with Crippen LogP contribution in [0.3, 0.4) is 0 Å². The molecular weight excluding hydrogens is 478 g/mol. The van der Waals surface area contributed by atoms with Crippen molar-refractivity contribution in [2.24, 2.45) is 5.10 Å². The second-order valence-electron chi connectivity index (χ2n) is 8.20. The zero-order chi connectivity index (χ0) is 26.4. The molecule has 5 N–H and O–H groups in total. The van der Waals surface area contributed by atoms with E-state index in [-0.39, 0.29) is 12.2 Å². The number of rotatable bonds is 10. The molecule has 37 heavy (non-hydrogen) atoms. The molecular formula is C26H29N5O6. The van der Waals surface area contributed by atoms with Crippen molar-refractivity contribution in [3.8, 4) is 11.5 Å². The first-order valence-electron chi connectivity index (χ1n) is 11.7. The van der Waals surface area contributed by atoms with Crippen LogP contribution in [0, 0.1) is 0 Å². The van der Waals surface area contributed by atoms with Crippen LogP contribution in [-0.4, -0.2) is 54.9 Å². The maximum atomic E-state index is 12.4. The highest BCUT2D eigenvalue weighted by atomic mass is 16.5. The maximum Gasteiger partial charge on any atom is 0.337 e. The fourth-order valence-electron chi connectivity index (χ4n) is 4.02. The number of aromatic nitrogens is 1. The molecule has 3 aromatic rings. The third-order valence-corrected chi connectivity index (χ3v) is 5.72. The van der Waals surface area contributed by atoms with Crippen LogP contribution in [0.5, 0.6) is 11.5 Å². The van der Waals surface area contributed by atoms with E-state index in [1.165, 1.54) is 7.11 Å². The fraction of sp³-hybridized carbons (Fsp3) is 0.269. The van der Waals surface area contributed by atoms with Gasteiger partial charge in [-0.15, -0.1) is 0 Å². The number of esters is 1. The van der Waals surface area contributed by atoms with E-state index >= 15 is 0 Å². The molecule has 11 nitrogen and oxygen atoms in total. The second-order valence-corrected chi connectivity index (χ2v) is 8.20. The Hall–Kier alpha value is -4.51. The average Bonchev–Trinajstić information content (AvgIpc) is 3.30. The number of urea groups is 1. The number of carbonyl (C=O) groups excluding carboxylic acids is 2. The monoisotopic (exact) mass is 507 g/mol. The van der Waals surface area contributed by atoms with Crippen molar-refractivity contribution in [2.75, 3.05) is 20.3 Å². The molecule has 0 fully saturated rings. The summed E-state index contributed by atoms with van der Waals surface area (Å²) < 4.78 is 16.4. The van der Waals surface area contributed by atoms with Crippen LogP contribution < -0.4 is 25.5 Å². The number of fused-ring (bicyclic) bond motifs is 1. The van der Waals surface area contributed by atoms with Gasteiger partial charge in [0.15, 0.2) is 17.7 Å². The minimum absolute atomic E-state index is 0.110. The summed E-state index contributed by atoms with van der Waals surface area (Å²) in [4.78, 5) is 27.6. The zero-order valence-electron chi connectivity index (χ0n) is 20.7. The number of H-pyrrole nitrogens is 1. The number of carbonyl (C=O) groups is 2. The molecule has 0 saturated carbocycles. The number of hydrogen-bond acceptors (Lipinski definition) is 8. The Balaban J connectivity index is 1.44. The summed E-state index contributed by atoms with van der Waals surface area (Å²) in [5, 5.41) is 20.8. The van der Waals surface area contributed by atoms with Gasteiger partial charge in [0.25, 0.3) is 0 Å². The number of nitrogens with one attached hydrogen (secondary N) is 4. The predicted molar refractivity (Wildman–Crippen MR) is 137 cm³/mol. The van der Waals surface area contributed by atoms with Crippen LogP contribution >= 0.6 is 0 Å². The van der Waals surface area contributed by atoms with Crippen molar-refractivity contribution in [3.05, 3.63) is 71.1 Å². The number of nitrogens with zero attached hydrogens (tertiary/aromatic N) is 1. The van der Waals surface area contributed by atoms with Gasteiger partial charge in [0.05, 0.1) is 31.5 Å². The highest BCUT2D eigenvalue weighted by Crippen LogP contribution is 2.34. The van der Waals surface area contributed by atoms with Crippen molar-refractivity contribution in [2.45, 2.75) is 26.1 Å². The molecule has 2 atom stereocenters. The number of methoxy groups -OCH3 is 1. The maximum absolute atomic E-state index is 12.4. The molecule has 0 radical (unpaired) electrons. The minimum atomic E-state index is -1.09. The molecule has 4 rings (SSSR count). The van der Waals surface area contributed by atoms with Crippen LogP contribution in [-0.2, 0) is 9.53 Å². The Morgan fingerprint density at radius 3 is 2.81 bits per heavy atom. The summed E-state index contributed by atoms with van der Waals surface area (Å²) in [6.07, 6.45) is 2.36. The van der Waals surface area contributed by atoms with Gasteiger partial charge in [-0.25, -0.2) is 9.59 Å². The number of allylic oxidation sites excluding steroid dienone is 1. The third-order valence-electron chi connectivity index (χ3n) is 5.72. The van der Waals surface area contributed by atoms with E-state index in [0.717, 1.165) is 16.5 Å². The Morgan fingerprint density at radius 2 is 2.03 bits per heavy atom. The molecule has 0 bridgehead atoms. The lowest BCUT2D eigenvalue weighted by molar-refractivity contribution is -0.136. The first kappa shape index (κ1) is 25.6. The smallest absolute Gasteiger partial charge is 0.337 e. The number of para-hydroxylation sites is 1. The Kier molecular flexibility index (Phi) is 7.94. The molecule has 194 valence electrons. The average molecular weight is 508 g/mol. The van der Waals surface area contributed by atoms with Gasteiger partial charge < -0.3 is 34.9 Å². The van der Waals surface area contributed by atoms with Crippen molar-refractivity contribution < 1.29 is 28.9 Å². The van der Waals surface area contributed by atoms with E-state index in [1.807, 2.05) is 37.4 Å². The minimum Gasteiger partial charge on any atom is -0.490 e. The second kappa shape index (κ2) is 11.5. The summed E-state index contributed by atoms with van der Waals surface area (Å²) in [6.45, 7) is 3.70. The molecule has 2 heterocycles. The van der Waals surface area contributed by atoms with Gasteiger partial charge in [0.2, 0.25) is 0 Å². The van der Waals surface area contributed by atoms with Gasteiger partial charge in [-0.05, 0) is 37.6 Å². The van der Waals surface area contributed by atoms with Crippen molar-refractivity contribution in [1.82, 2.24) is 21.0 Å². The Labute approximate surface area is 213 Å². The molecule has 0 aliphatic carbocycles. The molecule has 2 amide bonds. The highest BCUT2D eigenvalue weighted by Gasteiger charge is 2.32. The first-order chi connectivity index (χ1) is 17.9. The van der Waals surface area contributed by atoms with Gasteiger partial charge in [0, 0.05) is 28.4 Å². The molecule has 1 aromatic heterocycles. The quantitative estimate of drug-likeness (QED) is 0.123. The van der Waals surface area contributed by atoms with Gasteiger partial charge in [-0.2, -0.15) is 5.10 Å². The lowest BCUT2D eigenvalue weighted by Crippen LogP contribution is -2.45. The molecule has 1 aliphatic heterocycles. The Bertz CT molecular complexity index is 1350. The molecule has 0 saturated heterocycles. The molecule has 2 aromatic carbocycles. The third kappa shape index (κ3) is 5.84.